The molecule has 3 N–H and O–H groups in total. The van der Waals surface area contributed by atoms with Gasteiger partial charge in [-0.25, -0.2) is 4.98 Å². The van der Waals surface area contributed by atoms with E-state index in [0.29, 0.717) is 28.7 Å². The minimum absolute atomic E-state index is 0.0888. The van der Waals surface area contributed by atoms with Gasteiger partial charge in [0.15, 0.2) is 0 Å². The van der Waals surface area contributed by atoms with E-state index in [1.54, 1.807) is 35.3 Å². The van der Waals surface area contributed by atoms with E-state index in [4.69, 9.17) is 23.2 Å². The number of rotatable bonds is 10. The van der Waals surface area contributed by atoms with Crippen molar-refractivity contribution < 1.29 is 19.8 Å². The molecule has 0 saturated carbocycles. The zero-order chi connectivity index (χ0) is 20.8. The summed E-state index contributed by atoms with van der Waals surface area (Å²) in [6.45, 7) is 4.19. The van der Waals surface area contributed by atoms with Crippen molar-refractivity contribution in [2.24, 2.45) is 5.92 Å². The molecule has 152 valence electrons. The number of carbonyl (C=O) groups is 2. The average molecular weight is 428 g/mol. The van der Waals surface area contributed by atoms with Crippen molar-refractivity contribution in [1.29, 1.82) is 0 Å². The van der Waals surface area contributed by atoms with Crippen LogP contribution in [0.5, 0.6) is 0 Å². The number of hydrogen-bond acceptors (Lipinski definition) is 4. The number of carboxylic acid groups (broad SMARTS) is 2. The summed E-state index contributed by atoms with van der Waals surface area (Å²) in [5, 5.41) is 22.7. The Labute approximate surface area is 173 Å². The molecular formula is C19H23Cl2N3O4. The molecule has 0 fully saturated rings. The Kier molecular flexibility index (Phi) is 7.86. The molecule has 2 atom stereocenters. The summed E-state index contributed by atoms with van der Waals surface area (Å²) < 4.78 is 1.79. The lowest BCUT2D eigenvalue weighted by Gasteiger charge is -2.22. The molecule has 2 aromatic rings. The Morgan fingerprint density at radius 3 is 2.25 bits per heavy atom. The molecule has 1 heterocycles. The number of aliphatic carboxylic acids is 2. The molecule has 2 rings (SSSR count). The van der Waals surface area contributed by atoms with E-state index in [-0.39, 0.29) is 12.3 Å². The molecule has 1 aromatic heterocycles. The molecule has 9 heteroatoms. The van der Waals surface area contributed by atoms with Gasteiger partial charge >= 0.3 is 11.9 Å². The van der Waals surface area contributed by atoms with Crippen LogP contribution in [0.4, 0.5) is 0 Å². The fraction of sp³-hybridized carbons (Fsp3) is 0.421. The van der Waals surface area contributed by atoms with Gasteiger partial charge in [-0.05, 0) is 36.1 Å². The molecule has 0 aliphatic rings. The van der Waals surface area contributed by atoms with Gasteiger partial charge in [-0.2, -0.15) is 0 Å². The van der Waals surface area contributed by atoms with E-state index >= 15 is 0 Å². The van der Waals surface area contributed by atoms with Crippen LogP contribution in [-0.2, 0) is 22.6 Å². The van der Waals surface area contributed by atoms with Crippen molar-refractivity contribution >= 4 is 35.1 Å². The SMILES string of the molecule is CC(C)C[C@@H](N[C@H](Cc1cncn1Cc1cc(Cl)cc(Cl)c1)C(=O)O)C(=O)O. The monoisotopic (exact) mass is 427 g/mol. The second-order valence-corrected chi connectivity index (χ2v) is 7.95. The zero-order valence-electron chi connectivity index (χ0n) is 15.6. The quantitative estimate of drug-likeness (QED) is 0.536. The summed E-state index contributed by atoms with van der Waals surface area (Å²) >= 11 is 12.1. The Bertz CT molecular complexity index is 818. The molecule has 0 unspecified atom stereocenters. The van der Waals surface area contributed by atoms with Gasteiger partial charge in [-0.1, -0.05) is 37.0 Å². The molecule has 0 aliphatic heterocycles. The predicted octanol–water partition coefficient (Wildman–Crippen LogP) is 3.32. The molecule has 28 heavy (non-hydrogen) atoms. The van der Waals surface area contributed by atoms with Gasteiger partial charge in [0.2, 0.25) is 0 Å². The largest absolute Gasteiger partial charge is 0.480 e. The lowest BCUT2D eigenvalue weighted by atomic mass is 10.0. The summed E-state index contributed by atoms with van der Waals surface area (Å²) in [5.41, 5.74) is 1.50. The second kappa shape index (κ2) is 9.91. The Balaban J connectivity index is 2.17. The Morgan fingerprint density at radius 1 is 1.11 bits per heavy atom. The molecular weight excluding hydrogens is 405 g/mol. The van der Waals surface area contributed by atoms with Crippen molar-refractivity contribution in [2.75, 3.05) is 0 Å². The lowest BCUT2D eigenvalue weighted by molar-refractivity contribution is -0.142. The standard InChI is InChI=1S/C19H23Cl2N3O4/c1-11(2)3-16(18(25)26)23-17(19(27)28)7-15-8-22-10-24(15)9-12-4-13(20)6-14(21)5-12/h4-6,8,10-11,16-17,23H,3,7,9H2,1-2H3,(H,25,26)(H,27,28)/t16-,17-/m1/s1. The molecule has 0 saturated heterocycles. The van der Waals surface area contributed by atoms with Crippen LogP contribution in [-0.4, -0.2) is 43.8 Å². The highest BCUT2D eigenvalue weighted by molar-refractivity contribution is 6.34. The fourth-order valence-corrected chi connectivity index (χ4v) is 3.51. The molecule has 7 nitrogen and oxygen atoms in total. The maximum atomic E-state index is 11.7. The summed E-state index contributed by atoms with van der Waals surface area (Å²) in [6, 6.07) is 3.18. The van der Waals surface area contributed by atoms with E-state index < -0.39 is 24.0 Å². The molecule has 0 spiro atoms. The third-order valence-corrected chi connectivity index (χ3v) is 4.63. The van der Waals surface area contributed by atoms with Crippen LogP contribution in [0, 0.1) is 5.92 Å². The molecule has 0 aliphatic carbocycles. The van der Waals surface area contributed by atoms with Crippen LogP contribution in [0.3, 0.4) is 0 Å². The van der Waals surface area contributed by atoms with Gasteiger partial charge < -0.3 is 14.8 Å². The minimum Gasteiger partial charge on any atom is -0.480 e. The number of halogens is 2. The second-order valence-electron chi connectivity index (χ2n) is 7.07. The highest BCUT2D eigenvalue weighted by Crippen LogP contribution is 2.20. The maximum absolute atomic E-state index is 11.7. The molecule has 0 radical (unpaired) electrons. The number of hydrogen-bond donors (Lipinski definition) is 3. The number of imidazole rings is 1. The Hall–Kier alpha value is -2.09. The highest BCUT2D eigenvalue weighted by atomic mass is 35.5. The topological polar surface area (TPSA) is 104 Å². The first-order valence-corrected chi connectivity index (χ1v) is 9.57. The molecule has 0 amide bonds. The number of benzene rings is 1. The van der Waals surface area contributed by atoms with E-state index in [0.717, 1.165) is 5.56 Å². The van der Waals surface area contributed by atoms with Crippen LogP contribution in [0.25, 0.3) is 0 Å². The van der Waals surface area contributed by atoms with Gasteiger partial charge in [0.25, 0.3) is 0 Å². The number of nitrogens with zero attached hydrogens (tertiary/aromatic N) is 2. The predicted molar refractivity (Wildman–Crippen MR) is 107 cm³/mol. The summed E-state index contributed by atoms with van der Waals surface area (Å²) in [7, 11) is 0. The van der Waals surface area contributed by atoms with Gasteiger partial charge in [-0.3, -0.25) is 14.9 Å². The summed E-state index contributed by atoms with van der Waals surface area (Å²) in [5.74, 6) is -2.07. The maximum Gasteiger partial charge on any atom is 0.321 e. The van der Waals surface area contributed by atoms with E-state index in [9.17, 15) is 19.8 Å². The van der Waals surface area contributed by atoms with Crippen LogP contribution >= 0.6 is 23.2 Å². The van der Waals surface area contributed by atoms with Crippen molar-refractivity contribution in [3.63, 3.8) is 0 Å². The first-order valence-electron chi connectivity index (χ1n) is 8.81. The van der Waals surface area contributed by atoms with Crippen molar-refractivity contribution in [3.05, 3.63) is 52.0 Å². The van der Waals surface area contributed by atoms with Crippen molar-refractivity contribution in [2.45, 2.75) is 45.3 Å². The van der Waals surface area contributed by atoms with Gasteiger partial charge in [0, 0.05) is 34.9 Å². The number of nitrogens with one attached hydrogen (secondary N) is 1. The fourth-order valence-electron chi connectivity index (χ4n) is 2.94. The third kappa shape index (κ3) is 6.51. The van der Waals surface area contributed by atoms with Crippen LogP contribution < -0.4 is 5.32 Å². The summed E-state index contributed by atoms with van der Waals surface area (Å²) in [4.78, 5) is 27.3. The smallest absolute Gasteiger partial charge is 0.321 e. The van der Waals surface area contributed by atoms with Gasteiger partial charge in [0.1, 0.15) is 12.1 Å². The van der Waals surface area contributed by atoms with Crippen LogP contribution in [0.15, 0.2) is 30.7 Å². The van der Waals surface area contributed by atoms with E-state index in [1.165, 1.54) is 0 Å². The van der Waals surface area contributed by atoms with E-state index in [1.807, 2.05) is 13.8 Å². The summed E-state index contributed by atoms with van der Waals surface area (Å²) in [6.07, 6.45) is 3.58. The number of carboxylic acids is 2. The molecule has 1 aromatic carbocycles. The minimum atomic E-state index is -1.12. The van der Waals surface area contributed by atoms with Crippen molar-refractivity contribution in [1.82, 2.24) is 14.9 Å². The van der Waals surface area contributed by atoms with Crippen LogP contribution in [0.1, 0.15) is 31.5 Å². The Morgan fingerprint density at radius 2 is 1.71 bits per heavy atom. The van der Waals surface area contributed by atoms with Gasteiger partial charge in [-0.15, -0.1) is 0 Å². The molecule has 0 bridgehead atoms. The highest BCUT2D eigenvalue weighted by Gasteiger charge is 2.27. The number of aromatic nitrogens is 2. The third-order valence-electron chi connectivity index (χ3n) is 4.19. The van der Waals surface area contributed by atoms with Crippen LogP contribution in [0.2, 0.25) is 10.0 Å². The first-order chi connectivity index (χ1) is 13.2. The zero-order valence-corrected chi connectivity index (χ0v) is 17.1. The lowest BCUT2D eigenvalue weighted by Crippen LogP contribution is -2.49. The normalized spacial score (nSPS) is 13.5. The average Bonchev–Trinajstić information content (AvgIpc) is 2.98. The van der Waals surface area contributed by atoms with Gasteiger partial charge in [0.05, 0.1) is 6.33 Å². The van der Waals surface area contributed by atoms with Crippen molar-refractivity contribution in [3.8, 4) is 0 Å². The first kappa shape index (κ1) is 22.2. The van der Waals surface area contributed by atoms with E-state index in [2.05, 4.69) is 10.3 Å².